The van der Waals surface area contributed by atoms with Crippen molar-refractivity contribution in [2.45, 2.75) is 29.4 Å². The van der Waals surface area contributed by atoms with E-state index in [9.17, 15) is 0 Å². The molecule has 3 aliphatic rings. The summed E-state index contributed by atoms with van der Waals surface area (Å²) in [6, 6.07) is 143. The SMILES string of the molecule is Clc1ccc(-c2ccc3c(c2)c2cc(-c4ccc(Cl)cc4)ccc2n3-c2ccc3ccccc3c2)cc1.c1ccc2c(c1)Oc1ccccc1S2.c1ccc2c(c1)Sc1ccccc1N2c1ccc(-c2ccc3c(c2)c2cc(-c4ccc(N5c6ccccc6Sc6ccccc65)cc4)ccc2n3-c2ccc3ccccc3c2)cc1. The number of fused-ring (bicyclic) bond motifs is 14. The van der Waals surface area contributed by atoms with Crippen LogP contribution < -0.4 is 14.5 Å². The number of halogens is 2. The van der Waals surface area contributed by atoms with Crippen molar-refractivity contribution in [3.63, 3.8) is 0 Å². The van der Waals surface area contributed by atoms with Gasteiger partial charge in [0.05, 0.1) is 54.6 Å². The Kier molecular flexibility index (Phi) is 17.8. The monoisotopic (exact) mass is 1550 g/mol. The minimum Gasteiger partial charge on any atom is -0.455 e. The van der Waals surface area contributed by atoms with Gasteiger partial charge in [0, 0.05) is 73.9 Å². The van der Waals surface area contributed by atoms with Gasteiger partial charge in [0.2, 0.25) is 0 Å². The van der Waals surface area contributed by atoms with Crippen molar-refractivity contribution in [1.29, 1.82) is 0 Å². The van der Waals surface area contributed by atoms with Crippen molar-refractivity contribution >= 4 is 158 Å². The molecule has 18 aromatic carbocycles. The lowest BCUT2D eigenvalue weighted by atomic mass is 9.99. The van der Waals surface area contributed by atoms with E-state index in [4.69, 9.17) is 27.9 Å². The molecule has 0 spiro atoms. The van der Waals surface area contributed by atoms with E-state index >= 15 is 0 Å². The smallest absolute Gasteiger partial charge is 0.141 e. The van der Waals surface area contributed by atoms with Gasteiger partial charge in [-0.2, -0.15) is 0 Å². The van der Waals surface area contributed by atoms with Gasteiger partial charge >= 0.3 is 0 Å². The summed E-state index contributed by atoms with van der Waals surface area (Å²) in [6.45, 7) is 0. The number of nitrogens with zero attached hydrogens (tertiary/aromatic N) is 4. The van der Waals surface area contributed by atoms with Gasteiger partial charge in [-0.3, -0.25) is 0 Å². The zero-order valence-electron chi connectivity index (χ0n) is 61.3. The van der Waals surface area contributed by atoms with Gasteiger partial charge in [-0.05, 0) is 260 Å². The lowest BCUT2D eigenvalue weighted by Crippen LogP contribution is -2.14. The molecule has 0 N–H and O–H groups in total. The number of hydrogen-bond acceptors (Lipinski definition) is 6. The van der Waals surface area contributed by atoms with Crippen LogP contribution in [0.5, 0.6) is 11.5 Å². The van der Waals surface area contributed by atoms with Crippen molar-refractivity contribution in [2.24, 2.45) is 0 Å². The number of para-hydroxylation sites is 6. The van der Waals surface area contributed by atoms with Crippen LogP contribution in [0.3, 0.4) is 0 Å². The van der Waals surface area contributed by atoms with Crippen LogP contribution in [0.1, 0.15) is 0 Å². The first-order valence-electron chi connectivity index (χ1n) is 38.0. The summed E-state index contributed by atoms with van der Waals surface area (Å²) < 4.78 is 10.6. The predicted octanol–water partition coefficient (Wildman–Crippen LogP) is 31.7. The van der Waals surface area contributed by atoms with Crippen LogP contribution in [0.15, 0.2) is 430 Å². The van der Waals surface area contributed by atoms with Crippen molar-refractivity contribution in [1.82, 2.24) is 9.13 Å². The Morgan fingerprint density at radius 1 is 0.202 bits per heavy atom. The van der Waals surface area contributed by atoms with Crippen molar-refractivity contribution in [3.8, 4) is 67.4 Å². The summed E-state index contributed by atoms with van der Waals surface area (Å²) in [7, 11) is 0. The van der Waals surface area contributed by atoms with E-state index < -0.39 is 0 Å². The normalized spacial score (nSPS) is 12.4. The molecule has 540 valence electrons. The van der Waals surface area contributed by atoms with Crippen LogP contribution in [0, 0.1) is 0 Å². The second-order valence-electron chi connectivity index (χ2n) is 28.6. The Morgan fingerprint density at radius 3 is 0.789 bits per heavy atom. The first kappa shape index (κ1) is 69.1. The molecule has 20 aromatic rings. The van der Waals surface area contributed by atoms with Gasteiger partial charge in [0.15, 0.2) is 0 Å². The zero-order valence-corrected chi connectivity index (χ0v) is 65.2. The summed E-state index contributed by atoms with van der Waals surface area (Å²) >= 11 is 17.8. The third-order valence-electron chi connectivity index (χ3n) is 21.8. The molecule has 114 heavy (non-hydrogen) atoms. The molecule has 0 fully saturated rings. The van der Waals surface area contributed by atoms with Crippen LogP contribution in [0.2, 0.25) is 10.0 Å². The maximum Gasteiger partial charge on any atom is 0.141 e. The molecule has 0 saturated heterocycles. The third-order valence-corrected chi connectivity index (χ3v) is 25.7. The predicted molar refractivity (Wildman–Crippen MR) is 483 cm³/mol. The fraction of sp³-hybridized carbons (Fsp3) is 0. The largest absolute Gasteiger partial charge is 0.455 e. The molecule has 0 bridgehead atoms. The zero-order chi connectivity index (χ0) is 75.7. The Labute approximate surface area is 683 Å². The summed E-state index contributed by atoms with van der Waals surface area (Å²) in [5.41, 5.74) is 23.6. The molecular weight excluding hydrogens is 1490 g/mol. The molecule has 0 radical (unpaired) electrons. The minimum atomic E-state index is 0.741. The molecule has 3 aliphatic heterocycles. The third kappa shape index (κ3) is 12.8. The summed E-state index contributed by atoms with van der Waals surface area (Å²) in [6.07, 6.45) is 0. The molecule has 5 heterocycles. The lowest BCUT2D eigenvalue weighted by Gasteiger charge is -2.32. The second-order valence-corrected chi connectivity index (χ2v) is 32.7. The summed E-state index contributed by atoms with van der Waals surface area (Å²) in [4.78, 5) is 12.2. The van der Waals surface area contributed by atoms with Crippen LogP contribution in [-0.2, 0) is 0 Å². The maximum atomic E-state index is 6.16. The van der Waals surface area contributed by atoms with E-state index in [1.165, 1.54) is 151 Å². The minimum absolute atomic E-state index is 0.741. The average molecular weight is 1550 g/mol. The van der Waals surface area contributed by atoms with E-state index in [-0.39, 0.29) is 0 Å². The van der Waals surface area contributed by atoms with Gasteiger partial charge in [0.1, 0.15) is 11.5 Å². The highest BCUT2D eigenvalue weighted by molar-refractivity contribution is 8.00. The van der Waals surface area contributed by atoms with Crippen molar-refractivity contribution in [2.75, 3.05) is 9.80 Å². The molecule has 0 aliphatic carbocycles. The molecule has 23 rings (SSSR count). The molecule has 0 atom stereocenters. The number of benzene rings is 18. The van der Waals surface area contributed by atoms with Crippen LogP contribution in [0.25, 0.3) is 121 Å². The maximum absolute atomic E-state index is 6.16. The van der Waals surface area contributed by atoms with E-state index in [0.717, 1.165) is 55.4 Å². The first-order valence-corrected chi connectivity index (χ1v) is 41.2. The van der Waals surface area contributed by atoms with Gasteiger partial charge in [0.25, 0.3) is 0 Å². The van der Waals surface area contributed by atoms with E-state index in [0.29, 0.717) is 0 Å². The molecule has 0 unspecified atom stereocenters. The lowest BCUT2D eigenvalue weighted by molar-refractivity contribution is 0.454. The molecule has 2 aromatic heterocycles. The number of aromatic nitrogens is 2. The van der Waals surface area contributed by atoms with Gasteiger partial charge in [-0.15, -0.1) is 0 Å². The number of rotatable bonds is 8. The van der Waals surface area contributed by atoms with E-state index in [1.807, 2.05) is 84.2 Å². The highest BCUT2D eigenvalue weighted by atomic mass is 35.5. The highest BCUT2D eigenvalue weighted by Crippen LogP contribution is 2.54. The molecule has 5 nitrogen and oxygen atoms in total. The molecular formula is C104H66Cl2N4OS3. The van der Waals surface area contributed by atoms with Gasteiger partial charge in [-0.25, -0.2) is 0 Å². The Bertz CT molecular complexity index is 6680. The van der Waals surface area contributed by atoms with Crippen LogP contribution in [0.4, 0.5) is 34.1 Å². The fourth-order valence-electron chi connectivity index (χ4n) is 16.3. The molecule has 0 saturated carbocycles. The summed E-state index contributed by atoms with van der Waals surface area (Å²) in [5.74, 6) is 1.91. The topological polar surface area (TPSA) is 25.6 Å². The standard InChI is InChI=1S/C58H37N3S2.C34H21Cl2N.C12H8OS/c1-2-12-41-35-46(32-25-38(41)11-1)61-49-33-26-42(39-21-28-44(29-22-39)59-51-13-3-7-17-55(51)62-56-18-8-4-14-52(56)59)36-47(49)48-37-43(27-34-50(48)61)40-23-30-45(31-24-40)60-53-15-5-9-19-57(53)63-58-20-10-6-16-54(58)60;35-28-12-5-23(6-13-28)26-10-17-33-31(20-26)32-21-27(24-7-14-29(36)15-8-24)11-18-34(32)37(33)30-16-9-22-3-1-2-4-25(22)19-30;1-3-7-11-9(5-1)13-10-6-2-4-8-12(10)14-11/h1-37H;1-21H;1-8H. The van der Waals surface area contributed by atoms with Gasteiger partial charge < -0.3 is 23.7 Å². The van der Waals surface area contributed by atoms with E-state index in [2.05, 4.69) is 359 Å². The molecule has 10 heteroatoms. The molecule has 0 amide bonds. The van der Waals surface area contributed by atoms with E-state index in [1.54, 1.807) is 11.8 Å². The first-order chi connectivity index (χ1) is 56.3. The number of anilines is 6. The van der Waals surface area contributed by atoms with Crippen LogP contribution in [-0.4, -0.2) is 9.13 Å². The number of ether oxygens (including phenoxy) is 1. The fourth-order valence-corrected chi connectivity index (χ4v) is 19.6. The Morgan fingerprint density at radius 2 is 0.456 bits per heavy atom. The van der Waals surface area contributed by atoms with Crippen molar-refractivity contribution < 1.29 is 4.74 Å². The van der Waals surface area contributed by atoms with Crippen molar-refractivity contribution in [3.05, 3.63) is 410 Å². The average Bonchev–Trinajstić information content (AvgIpc) is 1.64. The van der Waals surface area contributed by atoms with Gasteiger partial charge in [-0.1, -0.05) is 265 Å². The Hall–Kier alpha value is -12.9. The second kappa shape index (κ2) is 29.3. The Balaban J connectivity index is 0.000000133. The highest BCUT2D eigenvalue weighted by Gasteiger charge is 2.27. The number of hydrogen-bond donors (Lipinski definition) is 0. The quantitative estimate of drug-likeness (QED) is 0.150. The summed E-state index contributed by atoms with van der Waals surface area (Å²) in [5, 5.41) is 11.3. The van der Waals surface area contributed by atoms with Crippen LogP contribution >= 0.6 is 58.5 Å².